The molecule has 0 unspecified atom stereocenters. The van der Waals surface area contributed by atoms with Crippen LogP contribution >= 0.6 is 0 Å². The van der Waals surface area contributed by atoms with E-state index in [9.17, 15) is 0 Å². The zero-order valence-electron chi connectivity index (χ0n) is 26.9. The Kier molecular flexibility index (Phi) is 13.8. The summed E-state index contributed by atoms with van der Waals surface area (Å²) in [6.07, 6.45) is 8.09. The average molecular weight is 605 g/mol. The molecule has 8 heteroatoms. The summed E-state index contributed by atoms with van der Waals surface area (Å²) >= 11 is 0. The van der Waals surface area contributed by atoms with Crippen molar-refractivity contribution < 1.29 is 28.0 Å². The summed E-state index contributed by atoms with van der Waals surface area (Å²) in [6, 6.07) is 16.6. The molecule has 0 amide bonds. The Morgan fingerprint density at radius 1 is 0.568 bits per heavy atom. The Bertz CT molecular complexity index is 1400. The van der Waals surface area contributed by atoms with Crippen molar-refractivity contribution in [2.75, 3.05) is 33.0 Å². The highest BCUT2D eigenvalue weighted by molar-refractivity contribution is 5.75. The third kappa shape index (κ3) is 11.5. The summed E-state index contributed by atoms with van der Waals surface area (Å²) in [5.74, 6) is 3.45. The smallest absolute Gasteiger partial charge is 0.134 e. The zero-order valence-corrected chi connectivity index (χ0v) is 26.9. The maximum absolute atomic E-state index is 6.29. The lowest BCUT2D eigenvalue weighted by atomic mass is 9.98. The molecular weight excluding hydrogens is 556 g/mol. The Hall–Kier alpha value is -3.62. The van der Waals surface area contributed by atoms with Gasteiger partial charge in [-0.05, 0) is 102 Å². The third-order valence-corrected chi connectivity index (χ3v) is 7.38. The molecule has 0 bridgehead atoms. The Morgan fingerprint density at radius 3 is 1.95 bits per heavy atom. The van der Waals surface area contributed by atoms with Crippen LogP contribution in [0.3, 0.4) is 0 Å². The molecule has 0 aliphatic heterocycles. The number of benzene rings is 2. The van der Waals surface area contributed by atoms with Gasteiger partial charge in [-0.1, -0.05) is 34.4 Å². The predicted molar refractivity (Wildman–Crippen MR) is 171 cm³/mol. The number of ether oxygens (including phenoxy) is 4. The molecule has 0 spiro atoms. The molecule has 0 radical (unpaired) electrons. The molecule has 4 aromatic rings. The molecule has 0 aliphatic rings. The first-order valence-electron chi connectivity index (χ1n) is 15.9. The van der Waals surface area contributed by atoms with Gasteiger partial charge < -0.3 is 28.0 Å². The van der Waals surface area contributed by atoms with Crippen molar-refractivity contribution in [1.82, 2.24) is 10.3 Å². The van der Waals surface area contributed by atoms with E-state index in [2.05, 4.69) is 60.6 Å². The SMILES string of the molecule is Cc1ccc(OCCCCCOCCc2cc(C)on2)c(-c2cc(OCCCCCCOCc3cc(C)on3)ccc2C)c1. The molecule has 8 nitrogen and oxygen atoms in total. The monoisotopic (exact) mass is 604 g/mol. The first-order valence-corrected chi connectivity index (χ1v) is 15.9. The first kappa shape index (κ1) is 33.3. The van der Waals surface area contributed by atoms with Crippen LogP contribution in [0.15, 0.2) is 57.6 Å². The molecule has 238 valence electrons. The normalized spacial score (nSPS) is 11.3. The molecule has 0 N–H and O–H groups in total. The minimum atomic E-state index is 0.506. The van der Waals surface area contributed by atoms with Gasteiger partial charge in [0.15, 0.2) is 0 Å². The quantitative estimate of drug-likeness (QED) is 0.0875. The van der Waals surface area contributed by atoms with Crippen LogP contribution in [0.2, 0.25) is 0 Å². The van der Waals surface area contributed by atoms with Gasteiger partial charge >= 0.3 is 0 Å². The fraction of sp³-hybridized carbons (Fsp3) is 0.500. The van der Waals surface area contributed by atoms with Crippen molar-refractivity contribution in [3.05, 3.63) is 82.6 Å². The number of unbranched alkanes of at least 4 members (excludes halogenated alkanes) is 5. The number of nitrogens with zero attached hydrogens (tertiary/aromatic N) is 2. The van der Waals surface area contributed by atoms with E-state index >= 15 is 0 Å². The van der Waals surface area contributed by atoms with Crippen LogP contribution in [0.1, 0.15) is 79.0 Å². The third-order valence-electron chi connectivity index (χ3n) is 7.38. The van der Waals surface area contributed by atoms with Crippen LogP contribution in [0, 0.1) is 27.7 Å². The van der Waals surface area contributed by atoms with Crippen LogP contribution < -0.4 is 9.47 Å². The second kappa shape index (κ2) is 18.2. The molecule has 44 heavy (non-hydrogen) atoms. The maximum Gasteiger partial charge on any atom is 0.134 e. The minimum absolute atomic E-state index is 0.506. The molecule has 0 fully saturated rings. The maximum atomic E-state index is 6.29. The van der Waals surface area contributed by atoms with Gasteiger partial charge in [-0.2, -0.15) is 0 Å². The number of aryl methyl sites for hydroxylation is 4. The van der Waals surface area contributed by atoms with Gasteiger partial charge in [0.1, 0.15) is 28.7 Å². The average Bonchev–Trinajstić information content (AvgIpc) is 3.63. The van der Waals surface area contributed by atoms with Crippen LogP contribution in [-0.2, 0) is 22.5 Å². The van der Waals surface area contributed by atoms with Crippen LogP contribution in [0.4, 0.5) is 0 Å². The van der Waals surface area contributed by atoms with Crippen molar-refractivity contribution in [3.63, 3.8) is 0 Å². The summed E-state index contributed by atoms with van der Waals surface area (Å²) in [5, 5.41) is 7.95. The van der Waals surface area contributed by atoms with E-state index in [1.807, 2.05) is 26.0 Å². The molecule has 0 saturated heterocycles. The fourth-order valence-electron chi connectivity index (χ4n) is 4.95. The van der Waals surface area contributed by atoms with Gasteiger partial charge in [-0.3, -0.25) is 0 Å². The highest BCUT2D eigenvalue weighted by Crippen LogP contribution is 2.35. The van der Waals surface area contributed by atoms with Crippen LogP contribution in [0.5, 0.6) is 11.5 Å². The van der Waals surface area contributed by atoms with Gasteiger partial charge in [-0.15, -0.1) is 0 Å². The molecule has 2 aromatic heterocycles. The van der Waals surface area contributed by atoms with Crippen LogP contribution in [0.25, 0.3) is 11.1 Å². The number of rotatable bonds is 21. The molecule has 4 rings (SSSR count). The lowest BCUT2D eigenvalue weighted by Gasteiger charge is -2.16. The first-order chi connectivity index (χ1) is 21.5. The van der Waals surface area contributed by atoms with E-state index in [0.29, 0.717) is 26.4 Å². The Morgan fingerprint density at radius 2 is 1.23 bits per heavy atom. The molecular formula is C36H48N2O6. The number of hydrogen-bond acceptors (Lipinski definition) is 8. The topological polar surface area (TPSA) is 89.0 Å². The lowest BCUT2D eigenvalue weighted by Crippen LogP contribution is -2.03. The minimum Gasteiger partial charge on any atom is -0.494 e. The van der Waals surface area contributed by atoms with E-state index in [4.69, 9.17) is 28.0 Å². The molecule has 2 heterocycles. The van der Waals surface area contributed by atoms with E-state index in [0.717, 1.165) is 110 Å². The molecule has 0 saturated carbocycles. The largest absolute Gasteiger partial charge is 0.494 e. The second-order valence-corrected chi connectivity index (χ2v) is 11.4. The van der Waals surface area contributed by atoms with Crippen molar-refractivity contribution in [2.24, 2.45) is 0 Å². The molecule has 0 atom stereocenters. The Labute approximate surface area is 262 Å². The molecule has 2 aromatic carbocycles. The van der Waals surface area contributed by atoms with Crippen LogP contribution in [-0.4, -0.2) is 43.3 Å². The Balaban J connectivity index is 1.13. The highest BCUT2D eigenvalue weighted by Gasteiger charge is 2.12. The second-order valence-electron chi connectivity index (χ2n) is 11.4. The van der Waals surface area contributed by atoms with Gasteiger partial charge in [0, 0.05) is 37.3 Å². The molecule has 0 aliphatic carbocycles. The van der Waals surface area contributed by atoms with E-state index < -0.39 is 0 Å². The van der Waals surface area contributed by atoms with Gasteiger partial charge in [0.25, 0.3) is 0 Å². The standard InChI is InChI=1S/C36H48N2O6/c1-27-12-15-36(42-20-11-7-9-17-39-21-16-31-23-29(3)43-37-31)35(22-27)34-25-33(14-13-28(34)2)41-19-10-6-5-8-18-40-26-32-24-30(4)44-38-32/h12-15,22-25H,5-11,16-21,26H2,1-4H3. The van der Waals surface area contributed by atoms with Crippen molar-refractivity contribution in [3.8, 4) is 22.6 Å². The zero-order chi connectivity index (χ0) is 31.0. The summed E-state index contributed by atoms with van der Waals surface area (Å²) in [4.78, 5) is 0. The summed E-state index contributed by atoms with van der Waals surface area (Å²) < 4.78 is 34.0. The lowest BCUT2D eigenvalue weighted by molar-refractivity contribution is 0.111. The highest BCUT2D eigenvalue weighted by atomic mass is 16.5. The van der Waals surface area contributed by atoms with Crippen molar-refractivity contribution >= 4 is 0 Å². The summed E-state index contributed by atoms with van der Waals surface area (Å²) in [7, 11) is 0. The predicted octanol–water partition coefficient (Wildman–Crippen LogP) is 8.53. The van der Waals surface area contributed by atoms with Gasteiger partial charge in [0.2, 0.25) is 0 Å². The van der Waals surface area contributed by atoms with Gasteiger partial charge in [-0.25, -0.2) is 0 Å². The van der Waals surface area contributed by atoms with Gasteiger partial charge in [0.05, 0.1) is 32.1 Å². The number of hydrogen-bond donors (Lipinski definition) is 0. The van der Waals surface area contributed by atoms with E-state index in [1.165, 1.54) is 11.1 Å². The number of aromatic nitrogens is 2. The fourth-order valence-corrected chi connectivity index (χ4v) is 4.95. The van der Waals surface area contributed by atoms with E-state index in [-0.39, 0.29) is 0 Å². The van der Waals surface area contributed by atoms with E-state index in [1.54, 1.807) is 0 Å². The summed E-state index contributed by atoms with van der Waals surface area (Å²) in [6.45, 7) is 12.1. The summed E-state index contributed by atoms with van der Waals surface area (Å²) in [5.41, 5.74) is 6.46. The van der Waals surface area contributed by atoms with Crippen molar-refractivity contribution in [2.45, 2.75) is 85.7 Å². The van der Waals surface area contributed by atoms with Crippen molar-refractivity contribution in [1.29, 1.82) is 0 Å².